The molecule has 128 heavy (non-hydrogen) atoms. The fraction of sp³-hybridized carbons (Fsp3) is 0.0769. The lowest BCUT2D eigenvalue weighted by atomic mass is 10.1. The van der Waals surface area contributed by atoms with Crippen molar-refractivity contribution in [2.75, 3.05) is 52.9 Å². The van der Waals surface area contributed by atoms with Crippen LogP contribution < -0.4 is 37.9 Å². The summed E-state index contributed by atoms with van der Waals surface area (Å²) in [7, 11) is 0. The molecule has 618 valence electrons. The third-order valence-corrected chi connectivity index (χ3v) is 28.1. The van der Waals surface area contributed by atoms with Crippen LogP contribution in [0.3, 0.4) is 0 Å². The highest BCUT2D eigenvalue weighted by molar-refractivity contribution is 8.03. The molecule has 17 rings (SSSR count). The predicted molar refractivity (Wildman–Crippen MR) is 515 cm³/mol. The van der Waals surface area contributed by atoms with Crippen molar-refractivity contribution >= 4 is 138 Å². The number of ether oxygens (including phenoxy) is 8. The Morgan fingerprint density at radius 2 is 0.336 bits per heavy atom. The van der Waals surface area contributed by atoms with E-state index in [-0.39, 0.29) is 52.9 Å². The molecule has 5 heterocycles. The van der Waals surface area contributed by atoms with Crippen molar-refractivity contribution in [1.29, 1.82) is 0 Å². The van der Waals surface area contributed by atoms with Gasteiger partial charge < -0.3 is 47.9 Å². The first-order chi connectivity index (χ1) is 62.9. The molecule has 0 fully saturated rings. The monoisotopic (exact) mass is 1810 g/mol. The van der Waals surface area contributed by atoms with E-state index < -0.39 is 0 Å². The third-order valence-electron chi connectivity index (χ3n) is 19.1. The zero-order valence-corrected chi connectivity index (χ0v) is 74.1. The molecule has 16 nitrogen and oxygen atoms in total. The third kappa shape index (κ3) is 20.6. The molecule has 0 aliphatic carbocycles. The van der Waals surface area contributed by atoms with Gasteiger partial charge in [-0.25, -0.2) is 29.9 Å². The molecule has 0 atom stereocenters. The molecular weight excluding hydrogens is 1750 g/mol. The zero-order chi connectivity index (χ0) is 87.7. The molecule has 8 bridgehead atoms. The largest absolute Gasteiger partial charge is 0.481 e. The summed E-state index contributed by atoms with van der Waals surface area (Å²) in [5.41, 5.74) is 4.51. The summed E-state index contributed by atoms with van der Waals surface area (Å²) >= 11 is 12.6. The number of hydrogen-bond donors (Lipinski definition) is 2. The lowest BCUT2D eigenvalue weighted by Crippen LogP contribution is -1.93. The number of terminal acetylenes is 8. The molecule has 15 aromatic rings. The van der Waals surface area contributed by atoms with Crippen molar-refractivity contribution in [3.05, 3.63) is 243 Å². The Labute approximate surface area is 773 Å². The number of aromatic nitrogens is 8. The Balaban J connectivity index is 0.961. The summed E-state index contributed by atoms with van der Waals surface area (Å²) in [5.74, 6) is 27.1. The molecule has 2 N–H and O–H groups in total. The normalized spacial score (nSPS) is 10.9. The molecule has 2 aliphatic rings. The number of hydrogen-bond acceptors (Lipinski definition) is 22. The van der Waals surface area contributed by atoms with Crippen LogP contribution >= 0.6 is 94.1 Å². The van der Waals surface area contributed by atoms with Gasteiger partial charge in [0.05, 0.1) is 0 Å². The minimum atomic E-state index is 0.117. The number of rotatable bonds is 32. The van der Waals surface area contributed by atoms with Gasteiger partial charge in [-0.3, -0.25) is 0 Å². The van der Waals surface area contributed by atoms with Gasteiger partial charge in [-0.1, -0.05) is 141 Å². The van der Waals surface area contributed by atoms with E-state index >= 15 is 0 Å². The van der Waals surface area contributed by atoms with Crippen LogP contribution in [0.15, 0.2) is 321 Å². The van der Waals surface area contributed by atoms with Gasteiger partial charge in [-0.05, 0) is 243 Å². The maximum absolute atomic E-state index is 5.87. The molecule has 0 radical (unpaired) electrons. The molecule has 24 heteroatoms. The van der Waals surface area contributed by atoms with Gasteiger partial charge in [-0.15, -0.1) is 51.4 Å². The van der Waals surface area contributed by atoms with Crippen LogP contribution in [-0.2, 0) is 0 Å². The Morgan fingerprint density at radius 3 is 0.477 bits per heavy atom. The van der Waals surface area contributed by atoms with Crippen molar-refractivity contribution in [3.8, 4) is 190 Å². The zero-order valence-electron chi connectivity index (χ0n) is 67.6. The van der Waals surface area contributed by atoms with Crippen molar-refractivity contribution in [3.63, 3.8) is 0 Å². The molecule has 0 amide bonds. The van der Waals surface area contributed by atoms with E-state index in [4.69, 9.17) is 119 Å². The Morgan fingerprint density at radius 1 is 0.195 bits per heavy atom. The van der Waals surface area contributed by atoms with Crippen LogP contribution in [0.4, 0.5) is 0 Å². The fourth-order valence-corrected chi connectivity index (χ4v) is 21.2. The molecular formula is C104H66N8O8S8. The van der Waals surface area contributed by atoms with Gasteiger partial charge in [0.15, 0.2) is 23.3 Å². The average molecular weight is 1810 g/mol. The highest BCUT2D eigenvalue weighted by Crippen LogP contribution is 2.52. The number of aromatic amines is 2. The van der Waals surface area contributed by atoms with E-state index in [9.17, 15) is 0 Å². The Kier molecular flexibility index (Phi) is 27.3. The molecule has 0 unspecified atom stereocenters. The summed E-state index contributed by atoms with van der Waals surface area (Å²) in [4.78, 5) is 56.4. The maximum atomic E-state index is 5.87. The van der Waals surface area contributed by atoms with Crippen molar-refractivity contribution in [1.82, 2.24) is 39.9 Å². The standard InChI is InChI=1S/C104H66N8O8S8/c1-9-49-113-65-17-33-73(34-18-65)121-89-57-81-82(58-90(89)122-74-35-19-66(20-36-74)114-50-10-2)98-105-97(81)109-99-83-59-91(123-75-37-21-67(22-38-75)115-51-11-3)92(124-76-39-23-68(24-40-76)116-52-12-4)60-84(83)101(106-99)111-103-87-63-95(127-79-45-29-71(30-46-79)119-55-15-7)96(128-80-47-31-72(32-48-80)120-56-16-8)64-88(87)104(108-103)112-102-86-62-94(126-78-43-27-70(28-44-78)118-54-14-6)93(61-85(86)100(107-102)110-98)125-77-41-25-69(26-42-77)117-53-13-5/h1-8,17-48,57-64H,49-56H2,(H2,105,106,107,108,109,110,111,112). The van der Waals surface area contributed by atoms with Gasteiger partial charge in [0.25, 0.3) is 0 Å². The van der Waals surface area contributed by atoms with Crippen LogP contribution in [0.2, 0.25) is 0 Å². The van der Waals surface area contributed by atoms with Crippen LogP contribution in [-0.4, -0.2) is 92.7 Å². The van der Waals surface area contributed by atoms with Crippen LogP contribution in [0, 0.1) is 98.8 Å². The van der Waals surface area contributed by atoms with E-state index in [1.54, 1.807) is 94.1 Å². The molecule has 0 saturated heterocycles. The first kappa shape index (κ1) is 85.8. The van der Waals surface area contributed by atoms with Gasteiger partial charge in [0.1, 0.15) is 121 Å². The summed E-state index contributed by atoms with van der Waals surface area (Å²) in [6.07, 6.45) is 45.2. The van der Waals surface area contributed by atoms with E-state index in [0.717, 1.165) is 78.3 Å². The van der Waals surface area contributed by atoms with E-state index in [1.165, 1.54) is 0 Å². The second-order valence-electron chi connectivity index (χ2n) is 27.5. The topological polar surface area (TPSA) is 183 Å². The first-order valence-corrected chi connectivity index (χ1v) is 45.8. The van der Waals surface area contributed by atoms with E-state index in [2.05, 4.69) is 106 Å². The lowest BCUT2D eigenvalue weighted by Gasteiger charge is -2.13. The minimum absolute atomic E-state index is 0.117. The van der Waals surface area contributed by atoms with Gasteiger partial charge in [0.2, 0.25) is 0 Å². The molecule has 2 aliphatic heterocycles. The number of fused-ring (bicyclic) bond motifs is 20. The Hall–Kier alpha value is -14.3. The Bertz CT molecular complexity index is 6430. The van der Waals surface area contributed by atoms with E-state index in [1.807, 2.05) is 194 Å². The van der Waals surface area contributed by atoms with Crippen LogP contribution in [0.5, 0.6) is 46.0 Å². The fourth-order valence-electron chi connectivity index (χ4n) is 13.3. The molecule has 12 aromatic carbocycles. The number of nitrogens with one attached hydrogen (secondary N) is 2. The highest BCUT2D eigenvalue weighted by Gasteiger charge is 2.29. The highest BCUT2D eigenvalue weighted by atomic mass is 32.2. The lowest BCUT2D eigenvalue weighted by molar-refractivity contribution is 0.370. The first-order valence-electron chi connectivity index (χ1n) is 39.2. The quantitative estimate of drug-likeness (QED) is 0.0379. The summed E-state index contributed by atoms with van der Waals surface area (Å²) in [6, 6.07) is 79.8. The van der Waals surface area contributed by atoms with Crippen molar-refractivity contribution in [2.24, 2.45) is 0 Å². The minimum Gasteiger partial charge on any atom is -0.481 e. The SMILES string of the molecule is C#CCOc1ccc(Sc2cc3c(cc2Sc2ccc(OCC#C)cc2)-c2nc-3nc3[nH]c(nc4nc(nc5[nH]c(n2)c2cc(Sc6ccc(OCC#C)cc6)c(Sc6ccc(OCC#C)cc6)cc52)-c2cc(Sc5ccc(OCC#C)cc5)c(Sc5ccc(OCC#C)cc5)cc2-4)c2cc(Sc4ccc(OCC#C)cc4)c(Sc4ccc(OCC#C)cc4)cc32)cc1. The summed E-state index contributed by atoms with van der Waals surface area (Å²) in [6.45, 7) is 0.934. The number of benzene rings is 12. The number of H-pyrrole nitrogens is 2. The predicted octanol–water partition coefficient (Wildman–Crippen LogP) is 24.2. The molecule has 3 aromatic heterocycles. The number of nitrogens with zero attached hydrogens (tertiary/aromatic N) is 6. The van der Waals surface area contributed by atoms with Crippen molar-refractivity contribution in [2.45, 2.75) is 78.3 Å². The van der Waals surface area contributed by atoms with Crippen molar-refractivity contribution < 1.29 is 37.9 Å². The summed E-state index contributed by atoms with van der Waals surface area (Å²) < 4.78 is 47.0. The maximum Gasteiger partial charge on any atom is 0.164 e. The van der Waals surface area contributed by atoms with Gasteiger partial charge >= 0.3 is 0 Å². The second-order valence-corrected chi connectivity index (χ2v) is 36.4. The van der Waals surface area contributed by atoms with Gasteiger partial charge in [-0.2, -0.15) is 0 Å². The molecule has 0 saturated carbocycles. The second kappa shape index (κ2) is 40.8. The molecule has 0 spiro atoms. The smallest absolute Gasteiger partial charge is 0.164 e. The average Bonchev–Trinajstić information content (AvgIpc) is 1.59. The van der Waals surface area contributed by atoms with Gasteiger partial charge in [0, 0.05) is 122 Å². The van der Waals surface area contributed by atoms with Crippen LogP contribution in [0.25, 0.3) is 89.7 Å². The summed E-state index contributed by atoms with van der Waals surface area (Å²) in [5, 5.41) is 2.86. The van der Waals surface area contributed by atoms with Crippen LogP contribution in [0.1, 0.15) is 0 Å². The van der Waals surface area contributed by atoms with E-state index in [0.29, 0.717) is 136 Å².